The molecule has 3 atom stereocenters. The van der Waals surface area contributed by atoms with Crippen LogP contribution in [-0.4, -0.2) is 6.04 Å². The van der Waals surface area contributed by atoms with Crippen LogP contribution >= 0.6 is 0 Å². The molecule has 1 N–H and O–H groups in total. The first-order valence-corrected chi connectivity index (χ1v) is 2.64. The first-order valence-electron chi connectivity index (χ1n) is 2.64. The molecule has 1 saturated carbocycles. The van der Waals surface area contributed by atoms with Crippen molar-refractivity contribution in [3.05, 3.63) is 0 Å². The molecule has 0 bridgehead atoms. The van der Waals surface area contributed by atoms with Crippen LogP contribution in [-0.2, 0) is 0 Å². The highest BCUT2D eigenvalue weighted by molar-refractivity contribution is 4.95. The lowest BCUT2D eigenvalue weighted by Gasteiger charge is -1.72. The molecule has 2 unspecified atom stereocenters. The Hall–Kier alpha value is -0.400. The van der Waals surface area contributed by atoms with Gasteiger partial charge in [-0.3, -0.25) is 0 Å². The van der Waals surface area contributed by atoms with E-state index in [2.05, 4.69) is 19.0 Å². The summed E-state index contributed by atoms with van der Waals surface area (Å²) in [6.07, 6.45) is 0. The zero-order chi connectivity index (χ0) is 5.44. The summed E-state index contributed by atoms with van der Waals surface area (Å²) in [7, 11) is 0. The van der Waals surface area contributed by atoms with Gasteiger partial charge in [-0.15, -0.1) is 0 Å². The van der Waals surface area contributed by atoms with E-state index in [0.29, 0.717) is 17.9 Å². The lowest BCUT2D eigenvalue weighted by Crippen LogP contribution is -1.73. The van der Waals surface area contributed by atoms with Crippen molar-refractivity contribution < 1.29 is 0 Å². The molecule has 0 aromatic heterocycles. The maximum Gasteiger partial charge on any atom is 0.0763 e. The number of hydrogen-bond donors (Lipinski definition) is 1. The Labute approximate surface area is 43.4 Å². The Morgan fingerprint density at radius 1 is 1.29 bits per heavy atom. The van der Waals surface area contributed by atoms with Crippen molar-refractivity contribution in [1.82, 2.24) is 0 Å². The molecule has 0 aromatic rings. The van der Waals surface area contributed by atoms with Gasteiger partial charge in [0.05, 0.1) is 6.04 Å². The van der Waals surface area contributed by atoms with E-state index in [9.17, 15) is 0 Å². The third-order valence-electron chi connectivity index (χ3n) is 1.91. The Bertz CT molecular complexity index is 82.1. The molecule has 2 nitrogen and oxygen atoms in total. The van der Waals surface area contributed by atoms with Crippen molar-refractivity contribution in [2.75, 3.05) is 0 Å². The maximum absolute atomic E-state index is 6.61. The molecule has 0 aliphatic heterocycles. The molecule has 1 aliphatic rings. The molecule has 0 saturated heterocycles. The monoisotopic (exact) mass is 98.1 g/mol. The van der Waals surface area contributed by atoms with Crippen molar-refractivity contribution in [1.29, 1.82) is 5.53 Å². The molecule has 40 valence electrons. The highest BCUT2D eigenvalue weighted by atomic mass is 15.0. The van der Waals surface area contributed by atoms with Crippen molar-refractivity contribution in [2.45, 2.75) is 19.9 Å². The molecular weight excluding hydrogens is 88.1 g/mol. The topological polar surface area (TPSA) is 36.2 Å². The van der Waals surface area contributed by atoms with Crippen molar-refractivity contribution >= 4 is 0 Å². The second kappa shape index (κ2) is 1.29. The van der Waals surface area contributed by atoms with E-state index in [1.165, 1.54) is 0 Å². The average molecular weight is 98.1 g/mol. The van der Waals surface area contributed by atoms with Gasteiger partial charge in [0.2, 0.25) is 0 Å². The van der Waals surface area contributed by atoms with E-state index in [1.54, 1.807) is 0 Å². The fourth-order valence-electron chi connectivity index (χ4n) is 0.872. The smallest absolute Gasteiger partial charge is 0.0763 e. The van der Waals surface area contributed by atoms with Crippen LogP contribution in [0.1, 0.15) is 13.8 Å². The van der Waals surface area contributed by atoms with E-state index in [4.69, 9.17) is 5.53 Å². The van der Waals surface area contributed by atoms with Crippen LogP contribution in [0.4, 0.5) is 0 Å². The van der Waals surface area contributed by atoms with Gasteiger partial charge in [-0.25, -0.2) is 5.53 Å². The Morgan fingerprint density at radius 2 is 1.71 bits per heavy atom. The van der Waals surface area contributed by atoms with Gasteiger partial charge < -0.3 is 0 Å². The number of nitrogens with zero attached hydrogens (tertiary/aromatic N) is 1. The minimum atomic E-state index is 0.361. The van der Waals surface area contributed by atoms with Crippen LogP contribution < -0.4 is 0 Å². The predicted octanol–water partition coefficient (Wildman–Crippen LogP) is 1.67. The zero-order valence-corrected chi connectivity index (χ0v) is 4.68. The minimum absolute atomic E-state index is 0.361. The van der Waals surface area contributed by atoms with E-state index >= 15 is 0 Å². The molecule has 0 aromatic carbocycles. The number of hydrogen-bond acceptors (Lipinski definition) is 2. The summed E-state index contributed by atoms with van der Waals surface area (Å²) in [4.78, 5) is 0. The lowest BCUT2D eigenvalue weighted by molar-refractivity contribution is 0.817. The Morgan fingerprint density at radius 3 is 1.71 bits per heavy atom. The van der Waals surface area contributed by atoms with Gasteiger partial charge in [-0.1, -0.05) is 13.8 Å². The molecule has 0 spiro atoms. The first kappa shape index (κ1) is 4.75. The number of nitrogens with one attached hydrogen (secondary N) is 1. The third kappa shape index (κ3) is 0.539. The van der Waals surface area contributed by atoms with Crippen LogP contribution in [0.2, 0.25) is 0 Å². The summed E-state index contributed by atoms with van der Waals surface area (Å²) in [5.41, 5.74) is 6.61. The van der Waals surface area contributed by atoms with Gasteiger partial charge in [-0.05, 0) is 11.8 Å². The van der Waals surface area contributed by atoms with E-state index in [1.807, 2.05) is 0 Å². The van der Waals surface area contributed by atoms with Gasteiger partial charge in [0.1, 0.15) is 0 Å². The predicted molar refractivity (Wildman–Crippen MR) is 27.3 cm³/mol. The molecule has 1 fully saturated rings. The first-order chi connectivity index (χ1) is 3.27. The summed E-state index contributed by atoms with van der Waals surface area (Å²) >= 11 is 0. The molecule has 0 heterocycles. The normalized spacial score (nSPS) is 48.6. The Balaban J connectivity index is 2.37. The summed E-state index contributed by atoms with van der Waals surface area (Å²) in [6.45, 7) is 4.26. The standard InChI is InChI=1S/C5H10N2/c1-3-4(2)5(3)7-6/h3-6H,1-2H3/t3-,4?,5?/m0/s1. The van der Waals surface area contributed by atoms with Gasteiger partial charge in [-0.2, -0.15) is 5.11 Å². The molecule has 2 heteroatoms. The van der Waals surface area contributed by atoms with Gasteiger partial charge in [0, 0.05) is 0 Å². The Kier molecular flexibility index (Phi) is 0.873. The van der Waals surface area contributed by atoms with Crippen molar-refractivity contribution in [3.63, 3.8) is 0 Å². The van der Waals surface area contributed by atoms with E-state index < -0.39 is 0 Å². The minimum Gasteiger partial charge on any atom is -0.210 e. The van der Waals surface area contributed by atoms with Gasteiger partial charge >= 0.3 is 0 Å². The van der Waals surface area contributed by atoms with Gasteiger partial charge in [0.25, 0.3) is 0 Å². The fourth-order valence-corrected chi connectivity index (χ4v) is 0.872. The SMILES string of the molecule is CC1C(N=N)[C@H]1C. The molecule has 7 heavy (non-hydrogen) atoms. The summed E-state index contributed by atoms with van der Waals surface area (Å²) in [5.74, 6) is 1.36. The summed E-state index contributed by atoms with van der Waals surface area (Å²) in [6, 6.07) is 0.361. The van der Waals surface area contributed by atoms with Crippen LogP contribution in [0.3, 0.4) is 0 Å². The summed E-state index contributed by atoms with van der Waals surface area (Å²) in [5, 5.41) is 3.41. The highest BCUT2D eigenvalue weighted by Gasteiger charge is 2.42. The van der Waals surface area contributed by atoms with E-state index in [0.717, 1.165) is 0 Å². The molecule has 1 rings (SSSR count). The second-order valence-corrected chi connectivity index (χ2v) is 2.34. The summed E-state index contributed by atoms with van der Waals surface area (Å²) < 4.78 is 0. The molecule has 1 aliphatic carbocycles. The molecule has 0 amide bonds. The van der Waals surface area contributed by atoms with Crippen LogP contribution in [0.25, 0.3) is 0 Å². The van der Waals surface area contributed by atoms with Crippen molar-refractivity contribution in [3.8, 4) is 0 Å². The van der Waals surface area contributed by atoms with Gasteiger partial charge in [0.15, 0.2) is 0 Å². The largest absolute Gasteiger partial charge is 0.210 e. The number of rotatable bonds is 1. The van der Waals surface area contributed by atoms with Crippen LogP contribution in [0, 0.1) is 17.4 Å². The maximum atomic E-state index is 6.61. The third-order valence-corrected chi connectivity index (χ3v) is 1.91. The van der Waals surface area contributed by atoms with Crippen molar-refractivity contribution in [2.24, 2.45) is 17.0 Å². The molecular formula is C5H10N2. The zero-order valence-electron chi connectivity index (χ0n) is 4.68. The molecule has 0 radical (unpaired) electrons. The fraction of sp³-hybridized carbons (Fsp3) is 1.00. The van der Waals surface area contributed by atoms with Crippen LogP contribution in [0.5, 0.6) is 0 Å². The average Bonchev–Trinajstić information content (AvgIpc) is 2.17. The second-order valence-electron chi connectivity index (χ2n) is 2.34. The lowest BCUT2D eigenvalue weighted by atomic mass is 10.4. The quantitative estimate of drug-likeness (QED) is 0.484. The van der Waals surface area contributed by atoms with E-state index in [-0.39, 0.29) is 0 Å². The highest BCUT2D eigenvalue weighted by Crippen LogP contribution is 2.40. The van der Waals surface area contributed by atoms with Crippen LogP contribution in [0.15, 0.2) is 5.11 Å².